The fourth-order valence-electron chi connectivity index (χ4n) is 0.684. The molecule has 0 bridgehead atoms. The normalized spacial score (nSPS) is 31.6. The SMILES string of the molecule is CC1=NC(O)(O)C(C)O1. The zero-order valence-electron chi connectivity index (χ0n) is 5.33. The number of hydrogen-bond acceptors (Lipinski definition) is 4. The van der Waals surface area contributed by atoms with Gasteiger partial charge in [0.05, 0.1) is 0 Å². The molecule has 0 saturated heterocycles. The van der Waals surface area contributed by atoms with Gasteiger partial charge in [-0.2, -0.15) is 4.99 Å². The molecule has 9 heavy (non-hydrogen) atoms. The van der Waals surface area contributed by atoms with Crippen LogP contribution in [0, 0.1) is 0 Å². The quantitative estimate of drug-likeness (QED) is 0.434. The van der Waals surface area contributed by atoms with Crippen LogP contribution in [0.4, 0.5) is 0 Å². The van der Waals surface area contributed by atoms with Crippen LogP contribution in [0.5, 0.6) is 0 Å². The zero-order valence-corrected chi connectivity index (χ0v) is 5.33. The molecule has 1 atom stereocenters. The van der Waals surface area contributed by atoms with Gasteiger partial charge in [-0.1, -0.05) is 0 Å². The lowest BCUT2D eigenvalue weighted by Gasteiger charge is -2.14. The van der Waals surface area contributed by atoms with Gasteiger partial charge in [-0.25, -0.2) is 0 Å². The minimum atomic E-state index is -2.01. The van der Waals surface area contributed by atoms with Gasteiger partial charge in [0.1, 0.15) is 0 Å². The van der Waals surface area contributed by atoms with E-state index in [4.69, 9.17) is 14.9 Å². The van der Waals surface area contributed by atoms with Gasteiger partial charge in [-0.05, 0) is 6.92 Å². The van der Waals surface area contributed by atoms with Gasteiger partial charge in [0, 0.05) is 6.92 Å². The monoisotopic (exact) mass is 131 g/mol. The molecule has 1 unspecified atom stereocenters. The van der Waals surface area contributed by atoms with Gasteiger partial charge in [-0.15, -0.1) is 0 Å². The van der Waals surface area contributed by atoms with Crippen LogP contribution in [-0.4, -0.2) is 28.1 Å². The van der Waals surface area contributed by atoms with Crippen LogP contribution in [0.1, 0.15) is 13.8 Å². The van der Waals surface area contributed by atoms with E-state index >= 15 is 0 Å². The number of aliphatic imine (C=N–C) groups is 1. The van der Waals surface area contributed by atoms with Crippen molar-refractivity contribution in [1.29, 1.82) is 0 Å². The van der Waals surface area contributed by atoms with Crippen molar-refractivity contribution in [3.05, 3.63) is 0 Å². The number of nitrogens with zero attached hydrogens (tertiary/aromatic N) is 1. The van der Waals surface area contributed by atoms with Gasteiger partial charge in [0.25, 0.3) is 0 Å². The maximum atomic E-state index is 8.88. The Hall–Kier alpha value is -0.610. The van der Waals surface area contributed by atoms with E-state index in [-0.39, 0.29) is 0 Å². The van der Waals surface area contributed by atoms with Gasteiger partial charge < -0.3 is 14.9 Å². The van der Waals surface area contributed by atoms with Crippen LogP contribution >= 0.6 is 0 Å². The van der Waals surface area contributed by atoms with E-state index in [0.717, 1.165) is 0 Å². The molecule has 0 amide bonds. The zero-order chi connectivity index (χ0) is 7.07. The average molecular weight is 131 g/mol. The first-order chi connectivity index (χ1) is 4.02. The lowest BCUT2D eigenvalue weighted by Crippen LogP contribution is -2.34. The first-order valence-electron chi connectivity index (χ1n) is 2.70. The molecule has 0 aromatic heterocycles. The lowest BCUT2D eigenvalue weighted by atomic mass is 10.3. The van der Waals surface area contributed by atoms with Crippen molar-refractivity contribution in [1.82, 2.24) is 0 Å². The molecule has 1 rings (SSSR count). The summed E-state index contributed by atoms with van der Waals surface area (Å²) >= 11 is 0. The van der Waals surface area contributed by atoms with E-state index in [1.165, 1.54) is 0 Å². The number of aliphatic hydroxyl groups is 2. The molecule has 1 heterocycles. The number of ether oxygens (including phenoxy) is 1. The van der Waals surface area contributed by atoms with Gasteiger partial charge in [0.2, 0.25) is 0 Å². The Bertz CT molecular complexity index is 152. The molecule has 0 fully saturated rings. The third-order valence-electron chi connectivity index (χ3n) is 1.21. The third kappa shape index (κ3) is 1.04. The summed E-state index contributed by atoms with van der Waals surface area (Å²) in [6.07, 6.45) is -0.655. The molecule has 0 aliphatic carbocycles. The van der Waals surface area contributed by atoms with Gasteiger partial charge in [0.15, 0.2) is 12.0 Å². The summed E-state index contributed by atoms with van der Waals surface area (Å²) in [6.45, 7) is 3.12. The van der Waals surface area contributed by atoms with Gasteiger partial charge >= 0.3 is 5.91 Å². The topological polar surface area (TPSA) is 62.1 Å². The molecule has 0 aromatic carbocycles. The van der Waals surface area contributed by atoms with Crippen molar-refractivity contribution in [3.8, 4) is 0 Å². The molecular weight excluding hydrogens is 122 g/mol. The first kappa shape index (κ1) is 6.51. The van der Waals surface area contributed by atoms with Crippen LogP contribution in [-0.2, 0) is 4.74 Å². The smallest absolute Gasteiger partial charge is 0.306 e. The van der Waals surface area contributed by atoms with E-state index in [9.17, 15) is 0 Å². The molecule has 2 N–H and O–H groups in total. The molecule has 4 heteroatoms. The highest BCUT2D eigenvalue weighted by molar-refractivity contribution is 5.75. The van der Waals surface area contributed by atoms with Crippen LogP contribution in [0.15, 0.2) is 4.99 Å². The predicted octanol–water partition coefficient (Wildman–Crippen LogP) is -0.538. The fourth-order valence-corrected chi connectivity index (χ4v) is 0.684. The Morgan fingerprint density at radius 2 is 2.22 bits per heavy atom. The average Bonchev–Trinajstić information content (AvgIpc) is 1.79. The Morgan fingerprint density at radius 3 is 2.33 bits per heavy atom. The minimum Gasteiger partial charge on any atom is -0.470 e. The summed E-state index contributed by atoms with van der Waals surface area (Å²) in [6, 6.07) is 0. The lowest BCUT2D eigenvalue weighted by molar-refractivity contribution is -0.191. The predicted molar refractivity (Wildman–Crippen MR) is 30.8 cm³/mol. The number of hydrogen-bond donors (Lipinski definition) is 2. The van der Waals surface area contributed by atoms with Crippen LogP contribution < -0.4 is 0 Å². The second kappa shape index (κ2) is 1.68. The van der Waals surface area contributed by atoms with Crippen molar-refractivity contribution in [2.24, 2.45) is 4.99 Å². The van der Waals surface area contributed by atoms with Crippen LogP contribution in [0.2, 0.25) is 0 Å². The minimum absolute atomic E-state index is 0.313. The highest BCUT2D eigenvalue weighted by Crippen LogP contribution is 2.18. The van der Waals surface area contributed by atoms with E-state index in [2.05, 4.69) is 4.99 Å². The molecule has 0 radical (unpaired) electrons. The molecule has 52 valence electrons. The van der Waals surface area contributed by atoms with E-state index in [0.29, 0.717) is 5.90 Å². The van der Waals surface area contributed by atoms with Crippen molar-refractivity contribution in [2.75, 3.05) is 0 Å². The van der Waals surface area contributed by atoms with E-state index < -0.39 is 12.0 Å². The second-order valence-electron chi connectivity index (χ2n) is 2.08. The van der Waals surface area contributed by atoms with Gasteiger partial charge in [-0.3, -0.25) is 0 Å². The largest absolute Gasteiger partial charge is 0.470 e. The fraction of sp³-hybridized carbons (Fsp3) is 0.800. The molecule has 0 aromatic rings. The molecule has 1 aliphatic heterocycles. The summed E-state index contributed by atoms with van der Waals surface area (Å²) in [4.78, 5) is 3.41. The van der Waals surface area contributed by atoms with E-state index in [1.54, 1.807) is 13.8 Å². The van der Waals surface area contributed by atoms with Crippen LogP contribution in [0.25, 0.3) is 0 Å². The highest BCUT2D eigenvalue weighted by atomic mass is 16.6. The van der Waals surface area contributed by atoms with Crippen LogP contribution in [0.3, 0.4) is 0 Å². The Kier molecular flexibility index (Phi) is 1.22. The second-order valence-corrected chi connectivity index (χ2v) is 2.08. The summed E-state index contributed by atoms with van der Waals surface area (Å²) in [5, 5.41) is 17.8. The first-order valence-corrected chi connectivity index (χ1v) is 2.70. The Labute approximate surface area is 52.8 Å². The summed E-state index contributed by atoms with van der Waals surface area (Å²) in [7, 11) is 0. The maximum Gasteiger partial charge on any atom is 0.306 e. The standard InChI is InChI=1S/C5H9NO3/c1-3-5(7,8)6-4(2)9-3/h3,7-8H,1-2H3. The van der Waals surface area contributed by atoms with Crippen molar-refractivity contribution < 1.29 is 14.9 Å². The number of rotatable bonds is 0. The highest BCUT2D eigenvalue weighted by Gasteiger charge is 2.38. The van der Waals surface area contributed by atoms with Crippen molar-refractivity contribution in [2.45, 2.75) is 25.9 Å². The molecule has 0 saturated carbocycles. The molecular formula is C5H9NO3. The summed E-state index contributed by atoms with van der Waals surface area (Å²) in [5.74, 6) is -1.70. The molecule has 1 aliphatic rings. The third-order valence-corrected chi connectivity index (χ3v) is 1.21. The van der Waals surface area contributed by atoms with E-state index in [1.807, 2.05) is 0 Å². The molecule has 4 nitrogen and oxygen atoms in total. The van der Waals surface area contributed by atoms with Crippen molar-refractivity contribution >= 4 is 5.90 Å². The maximum absolute atomic E-state index is 8.88. The molecule has 0 spiro atoms. The Balaban J connectivity index is 2.76. The van der Waals surface area contributed by atoms with Crippen molar-refractivity contribution in [3.63, 3.8) is 0 Å². The summed E-state index contributed by atoms with van der Waals surface area (Å²) in [5.41, 5.74) is 0. The summed E-state index contributed by atoms with van der Waals surface area (Å²) < 4.78 is 4.83. The Morgan fingerprint density at radius 1 is 1.67 bits per heavy atom.